The van der Waals surface area contributed by atoms with Gasteiger partial charge < -0.3 is 14.3 Å². The molecule has 0 amide bonds. The first-order valence-corrected chi connectivity index (χ1v) is 5.51. The van der Waals surface area contributed by atoms with E-state index in [1.165, 1.54) is 0 Å². The molecule has 0 aromatic carbocycles. The number of hydrogen-bond donors (Lipinski definition) is 1. The second-order valence-electron chi connectivity index (χ2n) is 3.98. The zero-order chi connectivity index (χ0) is 10.8. The van der Waals surface area contributed by atoms with Crippen LogP contribution in [0, 0.1) is 0 Å². The molecule has 0 radical (unpaired) electrons. The molecule has 1 N–H and O–H groups in total. The van der Waals surface area contributed by atoms with Crippen molar-refractivity contribution in [3.05, 3.63) is 24.2 Å². The predicted octanol–water partition coefficient (Wildman–Crippen LogP) is 1.80. The molecule has 1 unspecified atom stereocenters. The molecule has 1 aliphatic rings. The van der Waals surface area contributed by atoms with Crippen molar-refractivity contribution < 1.29 is 8.94 Å². The Bertz CT molecular complexity index is 444. The summed E-state index contributed by atoms with van der Waals surface area (Å²) in [5.74, 6) is 2.23. The number of hydrogen-bond acceptors (Lipinski definition) is 5. The number of nitrogens with zero attached hydrogens (tertiary/aromatic N) is 2. The van der Waals surface area contributed by atoms with Crippen molar-refractivity contribution in [1.29, 1.82) is 0 Å². The Kier molecular flexibility index (Phi) is 2.46. The van der Waals surface area contributed by atoms with Crippen molar-refractivity contribution in [3.63, 3.8) is 0 Å². The van der Waals surface area contributed by atoms with Gasteiger partial charge in [-0.1, -0.05) is 5.16 Å². The van der Waals surface area contributed by atoms with Gasteiger partial charge in [-0.2, -0.15) is 4.98 Å². The molecule has 1 fully saturated rings. The van der Waals surface area contributed by atoms with E-state index in [4.69, 9.17) is 8.94 Å². The molecule has 0 aliphatic carbocycles. The van der Waals surface area contributed by atoms with Gasteiger partial charge in [0.05, 0.1) is 6.26 Å². The summed E-state index contributed by atoms with van der Waals surface area (Å²) in [6, 6.07) is 3.62. The van der Waals surface area contributed by atoms with Crippen LogP contribution in [0.25, 0.3) is 11.7 Å². The predicted molar refractivity (Wildman–Crippen MR) is 56.8 cm³/mol. The Morgan fingerprint density at radius 3 is 3.19 bits per heavy atom. The van der Waals surface area contributed by atoms with Gasteiger partial charge in [0.15, 0.2) is 11.6 Å². The summed E-state index contributed by atoms with van der Waals surface area (Å²) in [6.07, 6.45) is 3.88. The maximum Gasteiger partial charge on any atom is 0.293 e. The zero-order valence-electron chi connectivity index (χ0n) is 8.85. The molecule has 0 bridgehead atoms. The number of aromatic nitrogens is 2. The normalized spacial score (nSPS) is 21.1. The van der Waals surface area contributed by atoms with E-state index in [9.17, 15) is 0 Å². The maximum absolute atomic E-state index is 5.21. The first kappa shape index (κ1) is 9.59. The fraction of sp³-hybridized carbons (Fsp3) is 0.455. The summed E-state index contributed by atoms with van der Waals surface area (Å²) < 4.78 is 10.4. The van der Waals surface area contributed by atoms with Gasteiger partial charge in [-0.25, -0.2) is 0 Å². The topological polar surface area (TPSA) is 64.1 Å². The van der Waals surface area contributed by atoms with E-state index in [1.807, 2.05) is 6.07 Å². The third-order valence-corrected chi connectivity index (χ3v) is 2.84. The molecule has 1 aliphatic heterocycles. The lowest BCUT2D eigenvalue weighted by Gasteiger charge is -2.19. The molecule has 0 saturated carbocycles. The SMILES string of the molecule is c1coc(-c2nc(C3CCCNC3)no2)c1. The van der Waals surface area contributed by atoms with Gasteiger partial charge in [0.25, 0.3) is 5.89 Å². The van der Waals surface area contributed by atoms with Crippen LogP contribution in [0.15, 0.2) is 27.3 Å². The number of nitrogens with one attached hydrogen (secondary N) is 1. The van der Waals surface area contributed by atoms with Gasteiger partial charge in [-0.15, -0.1) is 0 Å². The fourth-order valence-electron chi connectivity index (χ4n) is 1.97. The van der Waals surface area contributed by atoms with Crippen LogP contribution in [-0.4, -0.2) is 23.2 Å². The fourth-order valence-corrected chi connectivity index (χ4v) is 1.97. The van der Waals surface area contributed by atoms with E-state index in [0.717, 1.165) is 31.8 Å². The van der Waals surface area contributed by atoms with Crippen LogP contribution in [0.3, 0.4) is 0 Å². The lowest BCUT2D eigenvalue weighted by molar-refractivity contribution is 0.387. The second kappa shape index (κ2) is 4.09. The minimum absolute atomic E-state index is 0.362. The standard InChI is InChI=1S/C11H13N3O2/c1-3-8(7-12-5-1)10-13-11(16-14-10)9-4-2-6-15-9/h2,4,6,8,12H,1,3,5,7H2. The van der Waals surface area contributed by atoms with Crippen molar-refractivity contribution in [3.8, 4) is 11.7 Å². The Hall–Kier alpha value is -1.62. The van der Waals surface area contributed by atoms with Crippen LogP contribution in [0.5, 0.6) is 0 Å². The first-order valence-electron chi connectivity index (χ1n) is 5.51. The van der Waals surface area contributed by atoms with Crippen molar-refractivity contribution in [2.75, 3.05) is 13.1 Å². The number of piperidine rings is 1. The summed E-state index contributed by atoms with van der Waals surface area (Å²) in [5.41, 5.74) is 0. The molecule has 5 heteroatoms. The highest BCUT2D eigenvalue weighted by atomic mass is 16.5. The van der Waals surface area contributed by atoms with Gasteiger partial charge in [0.1, 0.15) is 0 Å². The third kappa shape index (κ3) is 1.74. The van der Waals surface area contributed by atoms with Crippen LogP contribution in [0.4, 0.5) is 0 Å². The molecule has 3 heterocycles. The van der Waals surface area contributed by atoms with Crippen molar-refractivity contribution >= 4 is 0 Å². The van der Waals surface area contributed by atoms with Crippen molar-refractivity contribution in [1.82, 2.24) is 15.5 Å². The lowest BCUT2D eigenvalue weighted by Crippen LogP contribution is -2.28. The Balaban J connectivity index is 1.82. The van der Waals surface area contributed by atoms with Crippen LogP contribution in [0.2, 0.25) is 0 Å². The summed E-state index contributed by atoms with van der Waals surface area (Å²) in [7, 11) is 0. The molecular weight excluding hydrogens is 206 g/mol. The minimum Gasteiger partial charge on any atom is -0.459 e. The van der Waals surface area contributed by atoms with Crippen LogP contribution in [-0.2, 0) is 0 Å². The average Bonchev–Trinajstić information content (AvgIpc) is 3.01. The molecule has 84 valence electrons. The van der Waals surface area contributed by atoms with Crippen molar-refractivity contribution in [2.45, 2.75) is 18.8 Å². The monoisotopic (exact) mass is 219 g/mol. The highest BCUT2D eigenvalue weighted by Crippen LogP contribution is 2.24. The second-order valence-corrected chi connectivity index (χ2v) is 3.98. The van der Waals surface area contributed by atoms with E-state index >= 15 is 0 Å². The molecule has 2 aromatic rings. The molecule has 1 atom stereocenters. The van der Waals surface area contributed by atoms with Gasteiger partial charge in [0, 0.05) is 12.5 Å². The highest BCUT2D eigenvalue weighted by molar-refractivity contribution is 5.42. The van der Waals surface area contributed by atoms with Crippen molar-refractivity contribution in [2.24, 2.45) is 0 Å². The Morgan fingerprint density at radius 2 is 2.44 bits per heavy atom. The maximum atomic E-state index is 5.21. The molecule has 0 spiro atoms. The van der Waals surface area contributed by atoms with E-state index < -0.39 is 0 Å². The average molecular weight is 219 g/mol. The third-order valence-electron chi connectivity index (χ3n) is 2.84. The number of rotatable bonds is 2. The minimum atomic E-state index is 0.362. The molecule has 16 heavy (non-hydrogen) atoms. The quantitative estimate of drug-likeness (QED) is 0.834. The van der Waals surface area contributed by atoms with Gasteiger partial charge >= 0.3 is 0 Å². The van der Waals surface area contributed by atoms with E-state index in [0.29, 0.717) is 17.6 Å². The first-order chi connectivity index (χ1) is 7.93. The van der Waals surface area contributed by atoms with Crippen LogP contribution >= 0.6 is 0 Å². The van der Waals surface area contributed by atoms with E-state index in [1.54, 1.807) is 12.3 Å². The molecule has 2 aromatic heterocycles. The van der Waals surface area contributed by atoms with Gasteiger partial charge in [-0.3, -0.25) is 0 Å². The summed E-state index contributed by atoms with van der Waals surface area (Å²) >= 11 is 0. The van der Waals surface area contributed by atoms with Crippen LogP contribution < -0.4 is 5.32 Å². The van der Waals surface area contributed by atoms with E-state index in [-0.39, 0.29) is 0 Å². The Labute approximate surface area is 92.8 Å². The molecule has 5 nitrogen and oxygen atoms in total. The van der Waals surface area contributed by atoms with E-state index in [2.05, 4.69) is 15.5 Å². The van der Waals surface area contributed by atoms with Gasteiger partial charge in [-0.05, 0) is 31.5 Å². The number of furan rings is 1. The smallest absolute Gasteiger partial charge is 0.293 e. The lowest BCUT2D eigenvalue weighted by atomic mass is 9.99. The Morgan fingerprint density at radius 1 is 1.44 bits per heavy atom. The summed E-state index contributed by atoms with van der Waals surface area (Å²) in [5, 5.41) is 7.34. The van der Waals surface area contributed by atoms with Crippen LogP contribution in [0.1, 0.15) is 24.6 Å². The van der Waals surface area contributed by atoms with Gasteiger partial charge in [0.2, 0.25) is 0 Å². The largest absolute Gasteiger partial charge is 0.459 e. The summed E-state index contributed by atoms with van der Waals surface area (Å²) in [4.78, 5) is 4.36. The summed E-state index contributed by atoms with van der Waals surface area (Å²) in [6.45, 7) is 2.01. The molecule has 3 rings (SSSR count). The molecular formula is C11H13N3O2. The highest BCUT2D eigenvalue weighted by Gasteiger charge is 2.21. The zero-order valence-corrected chi connectivity index (χ0v) is 8.85. The molecule has 1 saturated heterocycles.